The Morgan fingerprint density at radius 1 is 0.696 bits per heavy atom. The molecule has 0 aliphatic heterocycles. The summed E-state index contributed by atoms with van der Waals surface area (Å²) < 4.78 is 10.9. The van der Waals surface area contributed by atoms with Crippen molar-refractivity contribution in [2.24, 2.45) is 0 Å². The van der Waals surface area contributed by atoms with Crippen molar-refractivity contribution in [3.05, 3.63) is 135 Å². The quantitative estimate of drug-likeness (QED) is 0.252. The first-order valence-corrected chi connectivity index (χ1v) is 16.0. The molecule has 0 heterocycles. The first-order chi connectivity index (χ1) is 21.3. The van der Waals surface area contributed by atoms with Crippen molar-refractivity contribution in [2.75, 3.05) is 14.2 Å². The predicted octanol–water partition coefficient (Wildman–Crippen LogP) is 5.59. The second kappa shape index (κ2) is 17.8. The fraction of sp³-hybridized carbons (Fsp3) is 0.350. The van der Waals surface area contributed by atoms with Crippen LogP contribution in [0.1, 0.15) is 84.7 Å². The van der Waals surface area contributed by atoms with E-state index in [1.54, 1.807) is 14.2 Å². The summed E-state index contributed by atoms with van der Waals surface area (Å²) in [5.41, 5.74) is 12.0. The minimum atomic E-state index is 0. The van der Waals surface area contributed by atoms with Crippen molar-refractivity contribution < 1.29 is 40.5 Å². The van der Waals surface area contributed by atoms with Gasteiger partial charge in [-0.05, 0) is 106 Å². The number of methoxy groups -OCH3 is 2. The molecular formula is C40H49BN2NaO2. The zero-order valence-corrected chi connectivity index (χ0v) is 30.8. The molecule has 235 valence electrons. The molecule has 2 aliphatic rings. The van der Waals surface area contributed by atoms with Crippen LogP contribution in [0, 0.1) is 13.8 Å². The van der Waals surface area contributed by atoms with Gasteiger partial charge in [-0.15, -0.1) is 0 Å². The second-order valence-electron chi connectivity index (χ2n) is 12.3. The van der Waals surface area contributed by atoms with Gasteiger partial charge in [0.15, 0.2) is 0 Å². The van der Waals surface area contributed by atoms with Gasteiger partial charge in [0, 0.05) is 37.8 Å². The molecule has 0 spiro atoms. The van der Waals surface area contributed by atoms with Crippen LogP contribution >= 0.6 is 0 Å². The summed E-state index contributed by atoms with van der Waals surface area (Å²) in [4.78, 5) is 0. The van der Waals surface area contributed by atoms with Crippen molar-refractivity contribution in [3.63, 3.8) is 0 Å². The van der Waals surface area contributed by atoms with E-state index in [1.165, 1.54) is 56.6 Å². The normalized spacial score (nSPS) is 16.0. The van der Waals surface area contributed by atoms with Gasteiger partial charge < -0.3 is 21.5 Å². The molecule has 2 aliphatic carbocycles. The van der Waals surface area contributed by atoms with Gasteiger partial charge in [-0.2, -0.15) is 0 Å². The Bertz CT molecular complexity index is 1580. The van der Waals surface area contributed by atoms with Crippen molar-refractivity contribution in [1.82, 2.24) is 10.6 Å². The largest absolute Gasteiger partial charge is 1.00 e. The van der Waals surface area contributed by atoms with Gasteiger partial charge in [0.1, 0.15) is 11.5 Å². The summed E-state index contributed by atoms with van der Waals surface area (Å²) in [7, 11) is 3.51. The third kappa shape index (κ3) is 9.54. The molecule has 2 N–H and O–H groups in total. The molecule has 6 rings (SSSR count). The standard InChI is InChI=1S/C20H25NO.C20H23NO.B.Na.H/c2*1-14-7-9-16(10-8-14)15(2)21-18-11-12-19-17(13-18)5-4-6-20(19)22-3;;;/h4-10,15,18,21H,11-13H2,1-3H3;4-10,13,15,21H,11-12H2,1-3H3;;;/q;;;+1;-1/t15-,18?;15-;;;/m11.../s1. The predicted molar refractivity (Wildman–Crippen MR) is 190 cm³/mol. The summed E-state index contributed by atoms with van der Waals surface area (Å²) in [6, 6.07) is 31.5. The number of hydrogen-bond acceptors (Lipinski definition) is 4. The van der Waals surface area contributed by atoms with E-state index in [0.717, 1.165) is 37.2 Å². The molecular weight excluding hydrogens is 574 g/mol. The molecule has 6 heteroatoms. The van der Waals surface area contributed by atoms with Crippen LogP contribution in [0.2, 0.25) is 0 Å². The van der Waals surface area contributed by atoms with Crippen LogP contribution in [0.3, 0.4) is 0 Å². The molecule has 4 aromatic rings. The zero-order valence-electron chi connectivity index (χ0n) is 29.8. The summed E-state index contributed by atoms with van der Waals surface area (Å²) in [6.07, 6.45) is 7.67. The molecule has 3 radical (unpaired) electrons. The number of fused-ring (bicyclic) bond motifs is 2. The van der Waals surface area contributed by atoms with E-state index in [4.69, 9.17) is 9.47 Å². The van der Waals surface area contributed by atoms with Gasteiger partial charge in [-0.25, -0.2) is 0 Å². The summed E-state index contributed by atoms with van der Waals surface area (Å²) >= 11 is 0. The maximum absolute atomic E-state index is 5.49. The fourth-order valence-electron chi connectivity index (χ4n) is 6.44. The van der Waals surface area contributed by atoms with E-state index >= 15 is 0 Å². The number of aryl methyl sites for hydroxylation is 2. The minimum absolute atomic E-state index is 0. The van der Waals surface area contributed by atoms with Crippen LogP contribution in [0.5, 0.6) is 11.5 Å². The van der Waals surface area contributed by atoms with Crippen LogP contribution in [-0.2, 0) is 19.3 Å². The molecule has 0 amide bonds. The van der Waals surface area contributed by atoms with E-state index < -0.39 is 0 Å². The van der Waals surface area contributed by atoms with E-state index in [1.807, 2.05) is 6.07 Å². The zero-order chi connectivity index (χ0) is 31.1. The fourth-order valence-corrected chi connectivity index (χ4v) is 6.44. The Kier molecular flexibility index (Phi) is 14.5. The SMILES string of the molecule is COc1cccc2c1CCC(N[C@H](C)c1ccc(C)cc1)=C2.COc1cccc2c1CCC(N[C@H](C)c1ccc(C)cc1)C2.[B].[H-].[Na+]. The number of allylic oxidation sites excluding steroid dienone is 1. The van der Waals surface area contributed by atoms with Crippen LogP contribution in [0.25, 0.3) is 6.08 Å². The van der Waals surface area contributed by atoms with E-state index in [9.17, 15) is 0 Å². The van der Waals surface area contributed by atoms with E-state index in [0.29, 0.717) is 18.1 Å². The number of nitrogens with one attached hydrogen (secondary N) is 2. The van der Waals surface area contributed by atoms with Crippen molar-refractivity contribution in [3.8, 4) is 11.5 Å². The summed E-state index contributed by atoms with van der Waals surface area (Å²) in [5, 5.41) is 7.45. The Hall–Kier alpha value is -2.96. The number of ether oxygens (including phenoxy) is 2. The molecule has 1 unspecified atom stereocenters. The van der Waals surface area contributed by atoms with Gasteiger partial charge in [-0.1, -0.05) is 83.9 Å². The van der Waals surface area contributed by atoms with Crippen molar-refractivity contribution in [1.29, 1.82) is 0 Å². The van der Waals surface area contributed by atoms with Crippen LogP contribution in [0.4, 0.5) is 0 Å². The molecule has 0 fully saturated rings. The average Bonchev–Trinajstić information content (AvgIpc) is 3.04. The maximum Gasteiger partial charge on any atom is 1.00 e. The molecule has 3 atom stereocenters. The van der Waals surface area contributed by atoms with Crippen LogP contribution in [0.15, 0.2) is 90.6 Å². The molecule has 4 aromatic carbocycles. The Morgan fingerprint density at radius 3 is 1.87 bits per heavy atom. The molecule has 0 bridgehead atoms. The summed E-state index contributed by atoms with van der Waals surface area (Å²) in [6.45, 7) is 8.72. The van der Waals surface area contributed by atoms with Gasteiger partial charge in [0.2, 0.25) is 0 Å². The van der Waals surface area contributed by atoms with E-state index in [-0.39, 0.29) is 39.4 Å². The molecule has 4 nitrogen and oxygen atoms in total. The molecule has 46 heavy (non-hydrogen) atoms. The topological polar surface area (TPSA) is 42.5 Å². The first kappa shape index (κ1) is 37.5. The van der Waals surface area contributed by atoms with Gasteiger partial charge in [-0.3, -0.25) is 0 Å². The molecule has 0 saturated heterocycles. The third-order valence-corrected chi connectivity index (χ3v) is 9.06. The third-order valence-electron chi connectivity index (χ3n) is 9.06. The Labute approximate surface area is 302 Å². The van der Waals surface area contributed by atoms with Crippen LogP contribution < -0.4 is 49.7 Å². The monoisotopic (exact) mass is 623 g/mol. The first-order valence-electron chi connectivity index (χ1n) is 16.0. The Morgan fingerprint density at radius 2 is 1.26 bits per heavy atom. The second-order valence-corrected chi connectivity index (χ2v) is 12.3. The minimum Gasteiger partial charge on any atom is -1.00 e. The van der Waals surface area contributed by atoms with Gasteiger partial charge in [0.25, 0.3) is 0 Å². The molecule has 0 aromatic heterocycles. The average molecular weight is 624 g/mol. The number of hydrogen-bond donors (Lipinski definition) is 2. The van der Waals surface area contributed by atoms with Gasteiger partial charge >= 0.3 is 29.6 Å². The number of benzene rings is 4. The smallest absolute Gasteiger partial charge is 1.00 e. The number of rotatable bonds is 8. The van der Waals surface area contributed by atoms with E-state index in [2.05, 4.69) is 123 Å². The summed E-state index contributed by atoms with van der Waals surface area (Å²) in [5.74, 6) is 2.04. The van der Waals surface area contributed by atoms with Crippen LogP contribution in [-0.4, -0.2) is 28.7 Å². The van der Waals surface area contributed by atoms with Crippen molar-refractivity contribution >= 4 is 14.5 Å². The van der Waals surface area contributed by atoms with Crippen molar-refractivity contribution in [2.45, 2.75) is 77.9 Å². The van der Waals surface area contributed by atoms with Gasteiger partial charge in [0.05, 0.1) is 14.2 Å². The maximum atomic E-state index is 5.49. The Balaban J connectivity index is 0.000000307. The molecule has 0 saturated carbocycles.